The van der Waals surface area contributed by atoms with Crippen LogP contribution in [0.3, 0.4) is 0 Å². The number of nitrogens with one attached hydrogen (secondary N) is 2. The normalized spacial score (nSPS) is 12.0. The van der Waals surface area contributed by atoms with Gasteiger partial charge in [0.25, 0.3) is 0 Å². The molecule has 1 atom stereocenters. The smallest absolute Gasteiger partial charge is 0.186 e. The topological polar surface area (TPSA) is 54.1 Å². The summed E-state index contributed by atoms with van der Waals surface area (Å²) in [7, 11) is 1.66. The molecule has 4 heteroatoms. The molecular formula is C24H22N2O2. The summed E-state index contributed by atoms with van der Waals surface area (Å²) >= 11 is 0. The average Bonchev–Trinajstić information content (AvgIpc) is 3.19. The van der Waals surface area contributed by atoms with Crippen molar-refractivity contribution in [3.05, 3.63) is 102 Å². The second kappa shape index (κ2) is 8.11. The summed E-state index contributed by atoms with van der Waals surface area (Å²) in [5, 5.41) is 4.37. The molecule has 0 saturated heterocycles. The summed E-state index contributed by atoms with van der Waals surface area (Å²) in [6.07, 6.45) is 1.80. The predicted octanol–water partition coefficient (Wildman–Crippen LogP) is 4.89. The monoisotopic (exact) mass is 370 g/mol. The molecule has 0 fully saturated rings. The summed E-state index contributed by atoms with van der Waals surface area (Å²) in [5.41, 5.74) is 3.60. The summed E-state index contributed by atoms with van der Waals surface area (Å²) in [4.78, 5) is 16.7. The molecule has 1 heterocycles. The SMILES string of the molecule is COc1ccccc1CNC(C(=O)c1c[nH]c2ccccc12)c1ccccc1. The number of ether oxygens (including phenoxy) is 1. The third-order valence-corrected chi connectivity index (χ3v) is 4.94. The Labute approximate surface area is 164 Å². The van der Waals surface area contributed by atoms with Gasteiger partial charge in [-0.15, -0.1) is 0 Å². The Morgan fingerprint density at radius 2 is 1.68 bits per heavy atom. The first-order valence-electron chi connectivity index (χ1n) is 9.28. The molecule has 28 heavy (non-hydrogen) atoms. The van der Waals surface area contributed by atoms with E-state index in [1.54, 1.807) is 13.3 Å². The average molecular weight is 370 g/mol. The number of rotatable bonds is 7. The highest BCUT2D eigenvalue weighted by atomic mass is 16.5. The van der Waals surface area contributed by atoms with Gasteiger partial charge in [0.15, 0.2) is 5.78 Å². The molecule has 0 aliphatic carbocycles. The van der Waals surface area contributed by atoms with Crippen LogP contribution >= 0.6 is 0 Å². The Morgan fingerprint density at radius 1 is 0.964 bits per heavy atom. The lowest BCUT2D eigenvalue weighted by atomic mass is 9.96. The molecule has 4 aromatic rings. The largest absolute Gasteiger partial charge is 0.496 e. The lowest BCUT2D eigenvalue weighted by molar-refractivity contribution is 0.0943. The standard InChI is InChI=1S/C24H22N2O2/c1-28-22-14-8-5-11-18(22)15-26-23(17-9-3-2-4-10-17)24(27)20-16-25-21-13-7-6-12-19(20)21/h2-14,16,23,25-26H,15H2,1H3. The van der Waals surface area contributed by atoms with Crippen molar-refractivity contribution < 1.29 is 9.53 Å². The van der Waals surface area contributed by atoms with Crippen LogP contribution in [0.15, 0.2) is 85.1 Å². The molecule has 0 bridgehead atoms. The quantitative estimate of drug-likeness (QED) is 0.455. The molecule has 140 valence electrons. The molecule has 0 radical (unpaired) electrons. The third kappa shape index (κ3) is 3.55. The Kier molecular flexibility index (Phi) is 5.22. The van der Waals surface area contributed by atoms with Crippen molar-refractivity contribution in [2.75, 3.05) is 7.11 Å². The fourth-order valence-electron chi connectivity index (χ4n) is 3.50. The van der Waals surface area contributed by atoms with Crippen molar-refractivity contribution in [3.63, 3.8) is 0 Å². The number of methoxy groups -OCH3 is 1. The first kappa shape index (κ1) is 18.0. The first-order valence-corrected chi connectivity index (χ1v) is 9.28. The third-order valence-electron chi connectivity index (χ3n) is 4.94. The lowest BCUT2D eigenvalue weighted by Gasteiger charge is -2.19. The van der Waals surface area contributed by atoms with Gasteiger partial charge in [0, 0.05) is 34.8 Å². The van der Waals surface area contributed by atoms with E-state index in [0.29, 0.717) is 12.1 Å². The highest BCUT2D eigenvalue weighted by Crippen LogP contribution is 2.26. The molecule has 0 spiro atoms. The van der Waals surface area contributed by atoms with Crippen molar-refractivity contribution in [2.45, 2.75) is 12.6 Å². The van der Waals surface area contributed by atoms with E-state index in [9.17, 15) is 4.79 Å². The molecule has 0 amide bonds. The number of fused-ring (bicyclic) bond motifs is 1. The van der Waals surface area contributed by atoms with Crippen LogP contribution < -0.4 is 10.1 Å². The molecule has 4 nitrogen and oxygen atoms in total. The maximum atomic E-state index is 13.5. The lowest BCUT2D eigenvalue weighted by Crippen LogP contribution is -2.28. The summed E-state index contributed by atoms with van der Waals surface area (Å²) in [6, 6.07) is 25.1. The molecule has 1 aromatic heterocycles. The van der Waals surface area contributed by atoms with E-state index in [0.717, 1.165) is 27.8 Å². The van der Waals surface area contributed by atoms with E-state index in [1.165, 1.54) is 0 Å². The predicted molar refractivity (Wildman–Crippen MR) is 112 cm³/mol. The van der Waals surface area contributed by atoms with Gasteiger partial charge in [-0.25, -0.2) is 0 Å². The van der Waals surface area contributed by atoms with Gasteiger partial charge in [0.05, 0.1) is 13.2 Å². The van der Waals surface area contributed by atoms with Crippen molar-refractivity contribution >= 4 is 16.7 Å². The van der Waals surface area contributed by atoms with Crippen LogP contribution in [0.4, 0.5) is 0 Å². The molecule has 0 aliphatic rings. The number of carbonyl (C=O) groups is 1. The van der Waals surface area contributed by atoms with Crippen LogP contribution in [-0.4, -0.2) is 17.9 Å². The number of para-hydroxylation sites is 2. The minimum atomic E-state index is -0.453. The van der Waals surface area contributed by atoms with Crippen LogP contribution in [0.1, 0.15) is 27.5 Å². The fourth-order valence-corrected chi connectivity index (χ4v) is 3.50. The number of hydrogen-bond donors (Lipinski definition) is 2. The van der Waals surface area contributed by atoms with Gasteiger partial charge in [-0.2, -0.15) is 0 Å². The van der Waals surface area contributed by atoms with Gasteiger partial charge in [-0.05, 0) is 17.7 Å². The van der Waals surface area contributed by atoms with E-state index in [2.05, 4.69) is 10.3 Å². The highest BCUT2D eigenvalue weighted by Gasteiger charge is 2.24. The van der Waals surface area contributed by atoms with Crippen LogP contribution in [0.25, 0.3) is 10.9 Å². The molecule has 0 aliphatic heterocycles. The van der Waals surface area contributed by atoms with E-state index >= 15 is 0 Å². The number of aromatic nitrogens is 1. The van der Waals surface area contributed by atoms with Gasteiger partial charge in [-0.1, -0.05) is 66.7 Å². The number of aromatic amines is 1. The van der Waals surface area contributed by atoms with E-state index in [-0.39, 0.29) is 5.78 Å². The van der Waals surface area contributed by atoms with Gasteiger partial charge in [0.1, 0.15) is 5.75 Å². The Morgan fingerprint density at radius 3 is 2.50 bits per heavy atom. The van der Waals surface area contributed by atoms with Crippen molar-refractivity contribution in [2.24, 2.45) is 0 Å². The first-order chi connectivity index (χ1) is 13.8. The Bertz CT molecular complexity index is 1090. The van der Waals surface area contributed by atoms with Crippen molar-refractivity contribution in [3.8, 4) is 5.75 Å². The zero-order valence-corrected chi connectivity index (χ0v) is 15.7. The molecule has 1 unspecified atom stereocenters. The number of H-pyrrole nitrogens is 1. The second-order valence-electron chi connectivity index (χ2n) is 6.65. The number of benzene rings is 3. The minimum Gasteiger partial charge on any atom is -0.496 e. The van der Waals surface area contributed by atoms with Gasteiger partial charge in [0.2, 0.25) is 0 Å². The molecule has 0 saturated carbocycles. The molecular weight excluding hydrogens is 348 g/mol. The highest BCUT2D eigenvalue weighted by molar-refractivity contribution is 6.10. The van der Waals surface area contributed by atoms with Gasteiger partial charge < -0.3 is 9.72 Å². The fraction of sp³-hybridized carbons (Fsp3) is 0.125. The number of Topliss-reactive ketones (excluding diaryl/α,β-unsaturated/α-hetero) is 1. The van der Waals surface area contributed by atoms with Crippen molar-refractivity contribution in [1.82, 2.24) is 10.3 Å². The Balaban J connectivity index is 1.67. The van der Waals surface area contributed by atoms with Crippen LogP contribution in [-0.2, 0) is 6.54 Å². The summed E-state index contributed by atoms with van der Waals surface area (Å²) in [6.45, 7) is 0.525. The van der Waals surface area contributed by atoms with Gasteiger partial charge in [-0.3, -0.25) is 10.1 Å². The Hall–Kier alpha value is -3.37. The maximum absolute atomic E-state index is 13.5. The second-order valence-corrected chi connectivity index (χ2v) is 6.65. The number of hydrogen-bond acceptors (Lipinski definition) is 3. The van der Waals surface area contributed by atoms with Crippen LogP contribution in [0.2, 0.25) is 0 Å². The van der Waals surface area contributed by atoms with E-state index < -0.39 is 6.04 Å². The van der Waals surface area contributed by atoms with E-state index in [1.807, 2.05) is 78.9 Å². The minimum absolute atomic E-state index is 0.0403. The number of ketones is 1. The summed E-state index contributed by atoms with van der Waals surface area (Å²) < 4.78 is 5.44. The van der Waals surface area contributed by atoms with E-state index in [4.69, 9.17) is 4.74 Å². The zero-order chi connectivity index (χ0) is 19.3. The number of carbonyl (C=O) groups excluding carboxylic acids is 1. The van der Waals surface area contributed by atoms with Crippen LogP contribution in [0.5, 0.6) is 5.75 Å². The maximum Gasteiger partial charge on any atom is 0.186 e. The zero-order valence-electron chi connectivity index (χ0n) is 15.7. The van der Waals surface area contributed by atoms with Crippen molar-refractivity contribution in [1.29, 1.82) is 0 Å². The summed E-state index contributed by atoms with van der Waals surface area (Å²) in [5.74, 6) is 0.847. The van der Waals surface area contributed by atoms with Gasteiger partial charge >= 0.3 is 0 Å². The van der Waals surface area contributed by atoms with Crippen LogP contribution in [0, 0.1) is 0 Å². The molecule has 3 aromatic carbocycles. The molecule has 4 rings (SSSR count). The molecule has 2 N–H and O–H groups in total.